The predicted octanol–water partition coefficient (Wildman–Crippen LogP) is 4.75. The Hall–Kier alpha value is -2.35. The van der Waals surface area contributed by atoms with Crippen LogP contribution in [0.4, 0.5) is 5.69 Å². The van der Waals surface area contributed by atoms with Crippen LogP contribution in [0.3, 0.4) is 0 Å². The van der Waals surface area contributed by atoms with Crippen LogP contribution >= 0.6 is 0 Å². The molecule has 0 aromatic heterocycles. The molecule has 0 saturated heterocycles. The lowest BCUT2D eigenvalue weighted by Gasteiger charge is -2.25. The van der Waals surface area contributed by atoms with Crippen molar-refractivity contribution in [3.05, 3.63) is 65.2 Å². The van der Waals surface area contributed by atoms with Gasteiger partial charge in [-0.2, -0.15) is 0 Å². The van der Waals surface area contributed by atoms with Gasteiger partial charge in [-0.1, -0.05) is 68.5 Å². The van der Waals surface area contributed by atoms with E-state index in [0.29, 0.717) is 6.54 Å². The Bertz CT molecular complexity index is 658. The SMILES string of the molecule is CC.CC(=O)N1Cc2ccccc2/C=C\c2ccccc21. The summed E-state index contributed by atoms with van der Waals surface area (Å²) in [6.45, 7) is 6.23. The van der Waals surface area contributed by atoms with Gasteiger partial charge in [-0.25, -0.2) is 0 Å². The van der Waals surface area contributed by atoms with Gasteiger partial charge in [0.05, 0.1) is 12.2 Å². The Morgan fingerprint density at radius 2 is 1.48 bits per heavy atom. The van der Waals surface area contributed by atoms with Gasteiger partial charge in [0, 0.05) is 6.92 Å². The molecule has 0 saturated carbocycles. The molecule has 1 heterocycles. The zero-order valence-electron chi connectivity index (χ0n) is 12.8. The molecular formula is C19H21NO. The molecule has 0 spiro atoms. The summed E-state index contributed by atoms with van der Waals surface area (Å²) >= 11 is 0. The first kappa shape index (κ1) is 15.0. The first-order valence-corrected chi connectivity index (χ1v) is 7.39. The highest BCUT2D eigenvalue weighted by Crippen LogP contribution is 2.28. The van der Waals surface area contributed by atoms with Gasteiger partial charge in [0.25, 0.3) is 0 Å². The summed E-state index contributed by atoms with van der Waals surface area (Å²) in [5.74, 6) is 0.0672. The van der Waals surface area contributed by atoms with Crippen molar-refractivity contribution >= 4 is 23.7 Å². The van der Waals surface area contributed by atoms with Gasteiger partial charge >= 0.3 is 0 Å². The summed E-state index contributed by atoms with van der Waals surface area (Å²) < 4.78 is 0. The monoisotopic (exact) mass is 279 g/mol. The minimum absolute atomic E-state index is 0.0672. The summed E-state index contributed by atoms with van der Waals surface area (Å²) in [7, 11) is 0. The Balaban J connectivity index is 0.000000774. The third-order valence-electron chi connectivity index (χ3n) is 3.43. The third kappa shape index (κ3) is 3.22. The molecular weight excluding hydrogens is 258 g/mol. The van der Waals surface area contributed by atoms with Crippen LogP contribution in [0.1, 0.15) is 37.5 Å². The summed E-state index contributed by atoms with van der Waals surface area (Å²) in [6, 6.07) is 16.2. The number of hydrogen-bond acceptors (Lipinski definition) is 1. The average Bonchev–Trinajstić information content (AvgIpc) is 2.51. The van der Waals surface area contributed by atoms with E-state index < -0.39 is 0 Å². The smallest absolute Gasteiger partial charge is 0.224 e. The van der Waals surface area contributed by atoms with Crippen molar-refractivity contribution in [3.8, 4) is 0 Å². The molecule has 2 nitrogen and oxygen atoms in total. The summed E-state index contributed by atoms with van der Waals surface area (Å²) in [6.07, 6.45) is 4.19. The number of hydrogen-bond donors (Lipinski definition) is 0. The van der Waals surface area contributed by atoms with Gasteiger partial charge < -0.3 is 4.90 Å². The quantitative estimate of drug-likeness (QED) is 0.681. The molecule has 108 valence electrons. The second-order valence-corrected chi connectivity index (χ2v) is 4.70. The maximum Gasteiger partial charge on any atom is 0.224 e. The van der Waals surface area contributed by atoms with E-state index in [9.17, 15) is 4.79 Å². The first-order chi connectivity index (χ1) is 10.3. The normalized spacial score (nSPS) is 13.8. The lowest BCUT2D eigenvalue weighted by Crippen LogP contribution is -2.29. The predicted molar refractivity (Wildman–Crippen MR) is 90.0 cm³/mol. The summed E-state index contributed by atoms with van der Waals surface area (Å²) in [5.41, 5.74) is 4.39. The molecule has 0 unspecified atom stereocenters. The van der Waals surface area contributed by atoms with Crippen molar-refractivity contribution in [1.29, 1.82) is 0 Å². The second kappa shape index (κ2) is 6.89. The number of fused-ring (bicyclic) bond motifs is 2. The standard InChI is InChI=1S/C17H15NO.C2H6/c1-13(19)18-12-16-8-3-2-6-14(16)10-11-15-7-4-5-9-17(15)18;1-2/h2-11H,12H2,1H3;1-2H3/b11-10-;. The van der Waals surface area contributed by atoms with Crippen molar-refractivity contribution in [3.63, 3.8) is 0 Å². The van der Waals surface area contributed by atoms with Crippen molar-refractivity contribution in [2.24, 2.45) is 0 Å². The molecule has 1 amide bonds. The van der Waals surface area contributed by atoms with E-state index in [1.54, 1.807) is 6.92 Å². The van der Waals surface area contributed by atoms with Gasteiger partial charge in [0.2, 0.25) is 5.91 Å². The Morgan fingerprint density at radius 3 is 2.19 bits per heavy atom. The van der Waals surface area contributed by atoms with E-state index in [1.807, 2.05) is 55.1 Å². The molecule has 0 atom stereocenters. The minimum Gasteiger partial charge on any atom is -0.308 e. The second-order valence-electron chi connectivity index (χ2n) is 4.70. The minimum atomic E-state index is 0.0672. The van der Waals surface area contributed by atoms with Gasteiger partial charge in [0.15, 0.2) is 0 Å². The van der Waals surface area contributed by atoms with Crippen LogP contribution in [-0.4, -0.2) is 5.91 Å². The Labute approximate surface area is 126 Å². The topological polar surface area (TPSA) is 20.3 Å². The number of carbonyl (C=O) groups is 1. The molecule has 0 fully saturated rings. The molecule has 1 aliphatic rings. The molecule has 21 heavy (non-hydrogen) atoms. The number of rotatable bonds is 0. The zero-order chi connectivity index (χ0) is 15.2. The fraction of sp³-hybridized carbons (Fsp3) is 0.211. The van der Waals surface area contributed by atoms with Crippen LogP contribution in [-0.2, 0) is 11.3 Å². The molecule has 2 aromatic carbocycles. The largest absolute Gasteiger partial charge is 0.308 e. The van der Waals surface area contributed by atoms with Crippen molar-refractivity contribution < 1.29 is 4.79 Å². The molecule has 0 bridgehead atoms. The number of para-hydroxylation sites is 1. The number of amides is 1. The van der Waals surface area contributed by atoms with E-state index in [2.05, 4.69) is 24.3 Å². The Kier molecular flexibility index (Phi) is 4.94. The molecule has 0 radical (unpaired) electrons. The fourth-order valence-electron chi connectivity index (χ4n) is 2.43. The maximum atomic E-state index is 11.9. The van der Waals surface area contributed by atoms with Crippen molar-refractivity contribution in [2.45, 2.75) is 27.3 Å². The average molecular weight is 279 g/mol. The van der Waals surface area contributed by atoms with E-state index in [0.717, 1.165) is 11.3 Å². The van der Waals surface area contributed by atoms with Gasteiger partial charge in [-0.3, -0.25) is 4.79 Å². The fourth-order valence-corrected chi connectivity index (χ4v) is 2.43. The highest BCUT2D eigenvalue weighted by atomic mass is 16.2. The maximum absolute atomic E-state index is 11.9. The van der Waals surface area contributed by atoms with Crippen LogP contribution in [0.15, 0.2) is 48.5 Å². The van der Waals surface area contributed by atoms with Crippen molar-refractivity contribution in [1.82, 2.24) is 0 Å². The van der Waals surface area contributed by atoms with Crippen molar-refractivity contribution in [2.75, 3.05) is 4.90 Å². The third-order valence-corrected chi connectivity index (χ3v) is 3.43. The molecule has 2 heteroatoms. The van der Waals surface area contributed by atoms with Gasteiger partial charge in [-0.05, 0) is 22.8 Å². The highest BCUT2D eigenvalue weighted by molar-refractivity contribution is 5.95. The molecule has 1 aliphatic heterocycles. The van der Waals surface area contributed by atoms with Crippen LogP contribution in [0.5, 0.6) is 0 Å². The van der Waals surface area contributed by atoms with Gasteiger partial charge in [-0.15, -0.1) is 0 Å². The van der Waals surface area contributed by atoms with Crippen LogP contribution < -0.4 is 4.90 Å². The summed E-state index contributed by atoms with van der Waals surface area (Å²) in [4.78, 5) is 13.8. The lowest BCUT2D eigenvalue weighted by atomic mass is 10.0. The highest BCUT2D eigenvalue weighted by Gasteiger charge is 2.17. The first-order valence-electron chi connectivity index (χ1n) is 7.39. The number of carbonyl (C=O) groups excluding carboxylic acids is 1. The van der Waals surface area contributed by atoms with E-state index >= 15 is 0 Å². The van der Waals surface area contributed by atoms with Crippen LogP contribution in [0.2, 0.25) is 0 Å². The number of anilines is 1. The number of benzene rings is 2. The zero-order valence-corrected chi connectivity index (χ0v) is 12.8. The van der Waals surface area contributed by atoms with Crippen LogP contribution in [0, 0.1) is 0 Å². The Morgan fingerprint density at radius 1 is 0.905 bits per heavy atom. The molecule has 0 N–H and O–H groups in total. The van der Waals surface area contributed by atoms with E-state index in [1.165, 1.54) is 11.1 Å². The van der Waals surface area contributed by atoms with E-state index in [4.69, 9.17) is 0 Å². The lowest BCUT2D eigenvalue weighted by molar-refractivity contribution is -0.116. The summed E-state index contributed by atoms with van der Waals surface area (Å²) in [5, 5.41) is 0. The number of nitrogens with zero attached hydrogens (tertiary/aromatic N) is 1. The molecule has 0 aliphatic carbocycles. The molecule has 2 aromatic rings. The molecule has 3 rings (SSSR count). The van der Waals surface area contributed by atoms with Gasteiger partial charge in [0.1, 0.15) is 0 Å². The van der Waals surface area contributed by atoms with E-state index in [-0.39, 0.29) is 5.91 Å². The van der Waals surface area contributed by atoms with Crippen LogP contribution in [0.25, 0.3) is 12.2 Å².